The highest BCUT2D eigenvalue weighted by molar-refractivity contribution is 7.89. The lowest BCUT2D eigenvalue weighted by Crippen LogP contribution is -2.42. The van der Waals surface area contributed by atoms with Gasteiger partial charge in [-0.15, -0.1) is 11.3 Å². The van der Waals surface area contributed by atoms with E-state index < -0.39 is 10.0 Å². The number of thiazole rings is 1. The van der Waals surface area contributed by atoms with Crippen molar-refractivity contribution in [1.29, 1.82) is 0 Å². The van der Waals surface area contributed by atoms with Crippen LogP contribution in [0.4, 0.5) is 0 Å². The molecule has 13 heteroatoms. The minimum atomic E-state index is -3.79. The van der Waals surface area contributed by atoms with Crippen molar-refractivity contribution in [3.05, 3.63) is 41.2 Å². The summed E-state index contributed by atoms with van der Waals surface area (Å²) in [6, 6.07) is 1.44. The number of pyridine rings is 2. The first-order valence-corrected chi connectivity index (χ1v) is 14.0. The predicted molar refractivity (Wildman–Crippen MR) is 139 cm³/mol. The summed E-state index contributed by atoms with van der Waals surface area (Å²) in [4.78, 5) is 24.2. The van der Waals surface area contributed by atoms with E-state index in [9.17, 15) is 13.2 Å². The van der Waals surface area contributed by atoms with Gasteiger partial charge < -0.3 is 4.98 Å². The maximum absolute atomic E-state index is 13.0. The Bertz CT molecular complexity index is 1790. The summed E-state index contributed by atoms with van der Waals surface area (Å²) >= 11 is 1.44. The van der Waals surface area contributed by atoms with Gasteiger partial charge in [0.05, 0.1) is 16.6 Å². The van der Waals surface area contributed by atoms with Gasteiger partial charge in [-0.3, -0.25) is 19.4 Å². The predicted octanol–water partition coefficient (Wildman–Crippen LogP) is 2.34. The summed E-state index contributed by atoms with van der Waals surface area (Å²) in [6.45, 7) is 6.26. The molecule has 6 heterocycles. The Labute approximate surface area is 210 Å². The lowest BCUT2D eigenvalue weighted by molar-refractivity contribution is 0.178. The van der Waals surface area contributed by atoms with Gasteiger partial charge in [0.1, 0.15) is 26.1 Å². The van der Waals surface area contributed by atoms with E-state index in [0.717, 1.165) is 29.8 Å². The van der Waals surface area contributed by atoms with Crippen molar-refractivity contribution in [2.75, 3.05) is 19.6 Å². The second-order valence-corrected chi connectivity index (χ2v) is 12.6. The molecule has 0 unspecified atom stereocenters. The molecule has 2 N–H and O–H groups in total. The Hall–Kier alpha value is -3.13. The molecule has 0 bridgehead atoms. The van der Waals surface area contributed by atoms with E-state index in [1.165, 1.54) is 23.6 Å². The Morgan fingerprint density at radius 1 is 1.22 bits per heavy atom. The second-order valence-electron chi connectivity index (χ2n) is 9.79. The molecule has 0 aliphatic carbocycles. The Balaban J connectivity index is 1.32. The number of hydrogen-bond donors (Lipinski definition) is 2. The molecule has 11 nitrogen and oxygen atoms in total. The van der Waals surface area contributed by atoms with Gasteiger partial charge in [-0.1, -0.05) is 0 Å². The highest BCUT2D eigenvalue weighted by atomic mass is 32.2. The SMILES string of the molecule is Cn1cc(-c2cn3nc4c5ncc(S(=O)(=O)NCCN6CCCC6(C)C)cc5[nH]c(=O)c4c3s2)cn1. The molecular formula is C23H26N8O3S2. The lowest BCUT2D eigenvalue weighted by Gasteiger charge is -2.31. The van der Waals surface area contributed by atoms with E-state index in [2.05, 4.69) is 43.6 Å². The summed E-state index contributed by atoms with van der Waals surface area (Å²) in [5, 5.41) is 9.23. The zero-order valence-electron chi connectivity index (χ0n) is 20.1. The minimum Gasteiger partial charge on any atom is -0.320 e. The third-order valence-electron chi connectivity index (χ3n) is 6.92. The first-order valence-electron chi connectivity index (χ1n) is 11.7. The number of aromatic nitrogens is 6. The third kappa shape index (κ3) is 3.82. The molecule has 0 radical (unpaired) electrons. The van der Waals surface area contributed by atoms with Crippen LogP contribution >= 0.6 is 11.3 Å². The van der Waals surface area contributed by atoms with Crippen LogP contribution in [-0.2, 0) is 17.1 Å². The molecule has 0 atom stereocenters. The molecule has 1 aliphatic heterocycles. The summed E-state index contributed by atoms with van der Waals surface area (Å²) in [5.74, 6) is 0. The largest absolute Gasteiger partial charge is 0.320 e. The summed E-state index contributed by atoms with van der Waals surface area (Å²) in [5.41, 5.74) is 1.89. The van der Waals surface area contributed by atoms with E-state index >= 15 is 0 Å². The van der Waals surface area contributed by atoms with Crippen molar-refractivity contribution in [3.8, 4) is 10.4 Å². The van der Waals surface area contributed by atoms with Gasteiger partial charge in [0.2, 0.25) is 10.0 Å². The number of aryl methyl sites for hydroxylation is 1. The van der Waals surface area contributed by atoms with Crippen LogP contribution in [0.5, 0.6) is 0 Å². The van der Waals surface area contributed by atoms with Gasteiger partial charge in [-0.25, -0.2) is 17.7 Å². The van der Waals surface area contributed by atoms with Crippen molar-refractivity contribution in [1.82, 2.24) is 39.0 Å². The molecule has 0 saturated carbocycles. The van der Waals surface area contributed by atoms with E-state index in [1.54, 1.807) is 15.4 Å². The van der Waals surface area contributed by atoms with E-state index in [-0.39, 0.29) is 16.0 Å². The number of nitrogens with zero attached hydrogens (tertiary/aromatic N) is 6. The van der Waals surface area contributed by atoms with Gasteiger partial charge >= 0.3 is 0 Å². The maximum Gasteiger partial charge on any atom is 0.261 e. The van der Waals surface area contributed by atoms with Crippen LogP contribution < -0.4 is 10.3 Å². The number of rotatable bonds is 6. The van der Waals surface area contributed by atoms with Crippen LogP contribution in [0.15, 0.2) is 40.5 Å². The molecule has 0 spiro atoms. The molecule has 1 aliphatic rings. The van der Waals surface area contributed by atoms with Gasteiger partial charge in [0.15, 0.2) is 0 Å². The van der Waals surface area contributed by atoms with E-state index in [0.29, 0.717) is 39.9 Å². The molecule has 188 valence electrons. The van der Waals surface area contributed by atoms with Crippen molar-refractivity contribution < 1.29 is 8.42 Å². The average molecular weight is 527 g/mol. The molecule has 5 aromatic heterocycles. The number of fused-ring (bicyclic) bond motifs is 5. The van der Waals surface area contributed by atoms with Gasteiger partial charge in [0, 0.05) is 49.8 Å². The quantitative estimate of drug-likeness (QED) is 0.347. The third-order valence-corrected chi connectivity index (χ3v) is 9.49. The highest BCUT2D eigenvalue weighted by Crippen LogP contribution is 2.33. The maximum atomic E-state index is 13.0. The summed E-state index contributed by atoms with van der Waals surface area (Å²) in [7, 11) is -1.94. The number of H-pyrrole nitrogens is 1. The molecule has 6 rings (SSSR count). The minimum absolute atomic E-state index is 0.00515. The molecule has 5 aromatic rings. The van der Waals surface area contributed by atoms with Gasteiger partial charge in [-0.05, 0) is 39.3 Å². The Morgan fingerprint density at radius 2 is 2.06 bits per heavy atom. The standard InChI is InChI=1S/C23H26N8O3S2/c1-23(2)5-4-7-30(23)8-6-26-36(33,34)15-9-16-19(24-11-15)20-18(21(32)27-16)22-31(28-20)13-17(35-22)14-10-25-29(3)12-14/h9-13,26H,4-8H2,1-3H3,(H,27,32). The van der Waals surface area contributed by atoms with E-state index in [4.69, 9.17) is 0 Å². The number of likely N-dealkylation sites (tertiary alicyclic amines) is 1. The fourth-order valence-electron chi connectivity index (χ4n) is 4.94. The van der Waals surface area contributed by atoms with Crippen LogP contribution in [0.1, 0.15) is 26.7 Å². The van der Waals surface area contributed by atoms with Crippen LogP contribution in [0, 0.1) is 0 Å². The normalized spacial score (nSPS) is 16.6. The average Bonchev–Trinajstić information content (AvgIpc) is 3.57. The molecule has 1 saturated heterocycles. The first kappa shape index (κ1) is 23.3. The molecular weight excluding hydrogens is 500 g/mol. The van der Waals surface area contributed by atoms with Crippen molar-refractivity contribution >= 4 is 48.1 Å². The molecule has 36 heavy (non-hydrogen) atoms. The smallest absolute Gasteiger partial charge is 0.261 e. The zero-order chi connectivity index (χ0) is 25.2. The topological polar surface area (TPSA) is 130 Å². The fraction of sp³-hybridized carbons (Fsp3) is 0.391. The number of hydrogen-bond acceptors (Lipinski definition) is 8. The molecule has 1 fully saturated rings. The van der Waals surface area contributed by atoms with Crippen molar-refractivity contribution in [2.45, 2.75) is 37.1 Å². The van der Waals surface area contributed by atoms with Gasteiger partial charge in [0.25, 0.3) is 5.56 Å². The second kappa shape index (κ2) is 8.20. The molecule has 0 aromatic carbocycles. The van der Waals surface area contributed by atoms with Crippen molar-refractivity contribution in [3.63, 3.8) is 0 Å². The van der Waals surface area contributed by atoms with Crippen LogP contribution in [0.25, 0.3) is 37.2 Å². The number of nitrogens with one attached hydrogen (secondary N) is 2. The monoisotopic (exact) mass is 526 g/mol. The summed E-state index contributed by atoms with van der Waals surface area (Å²) < 4.78 is 31.9. The lowest BCUT2D eigenvalue weighted by atomic mass is 10.0. The van der Waals surface area contributed by atoms with Crippen LogP contribution in [0.3, 0.4) is 0 Å². The highest BCUT2D eigenvalue weighted by Gasteiger charge is 2.31. The molecule has 0 amide bonds. The van der Waals surface area contributed by atoms with Gasteiger partial charge in [-0.2, -0.15) is 10.2 Å². The van der Waals surface area contributed by atoms with Crippen molar-refractivity contribution in [2.24, 2.45) is 7.05 Å². The first-order chi connectivity index (χ1) is 17.1. The Kier molecular flexibility index (Phi) is 5.30. The Morgan fingerprint density at radius 3 is 2.78 bits per heavy atom. The number of sulfonamides is 1. The fourth-order valence-corrected chi connectivity index (χ4v) is 6.99. The number of aromatic amines is 1. The van der Waals surface area contributed by atoms with E-state index in [1.807, 2.05) is 19.4 Å². The van der Waals surface area contributed by atoms with Crippen LogP contribution in [0.2, 0.25) is 0 Å². The van der Waals surface area contributed by atoms with Crippen LogP contribution in [-0.4, -0.2) is 67.9 Å². The zero-order valence-corrected chi connectivity index (χ0v) is 21.8. The summed E-state index contributed by atoms with van der Waals surface area (Å²) in [6.07, 6.45) is 9.05.